The van der Waals surface area contributed by atoms with Crippen LogP contribution in [0.4, 0.5) is 0 Å². The molecule has 4 rings (SSSR count). The standard InChI is InChI=1S/C22H30N4O3/c1-22(2)9-18-17(10-23-24-18)12-26(14-22)21(27)13-25-6-5-15-7-19(28-3)20(29-4)8-16(15)11-25/h7-8,10H,5-6,9,11-14H2,1-4H3,(H,23,24). The second kappa shape index (κ2) is 7.71. The summed E-state index contributed by atoms with van der Waals surface area (Å²) in [6.45, 7) is 7.84. The quantitative estimate of drug-likeness (QED) is 0.856. The predicted octanol–water partition coefficient (Wildman–Crippen LogP) is 2.40. The van der Waals surface area contributed by atoms with Gasteiger partial charge in [0, 0.05) is 37.4 Å². The highest BCUT2D eigenvalue weighted by atomic mass is 16.5. The SMILES string of the molecule is COc1cc2c(cc1OC)CN(CC(=O)N1Cc3cn[nH]c3CC(C)(C)C1)CC2. The molecule has 0 bridgehead atoms. The Morgan fingerprint density at radius 3 is 2.59 bits per heavy atom. The van der Waals surface area contributed by atoms with Crippen LogP contribution >= 0.6 is 0 Å². The molecule has 0 unspecified atom stereocenters. The van der Waals surface area contributed by atoms with Crippen molar-refractivity contribution in [3.05, 3.63) is 40.7 Å². The zero-order valence-corrected chi connectivity index (χ0v) is 17.7. The molecule has 0 radical (unpaired) electrons. The third-order valence-electron chi connectivity index (χ3n) is 5.95. The van der Waals surface area contributed by atoms with E-state index >= 15 is 0 Å². The molecule has 0 spiro atoms. The number of aromatic amines is 1. The van der Waals surface area contributed by atoms with Gasteiger partial charge in [0.05, 0.1) is 27.0 Å². The monoisotopic (exact) mass is 398 g/mol. The van der Waals surface area contributed by atoms with Crippen molar-refractivity contribution in [3.63, 3.8) is 0 Å². The molecule has 0 aliphatic carbocycles. The Kier molecular flexibility index (Phi) is 5.25. The fraction of sp³-hybridized carbons (Fsp3) is 0.545. The van der Waals surface area contributed by atoms with Gasteiger partial charge >= 0.3 is 0 Å². The minimum absolute atomic E-state index is 0.0197. The first-order chi connectivity index (χ1) is 13.9. The molecule has 2 aromatic rings. The zero-order chi connectivity index (χ0) is 20.6. The highest BCUT2D eigenvalue weighted by Gasteiger charge is 2.32. The second-order valence-electron chi connectivity index (χ2n) is 8.90. The Morgan fingerprint density at radius 1 is 1.14 bits per heavy atom. The minimum Gasteiger partial charge on any atom is -0.493 e. The van der Waals surface area contributed by atoms with Gasteiger partial charge in [-0.05, 0) is 41.5 Å². The molecule has 1 amide bonds. The number of fused-ring (bicyclic) bond motifs is 2. The number of benzene rings is 1. The summed E-state index contributed by atoms with van der Waals surface area (Å²) in [7, 11) is 3.31. The smallest absolute Gasteiger partial charge is 0.237 e. The normalized spacial score (nSPS) is 18.6. The Bertz CT molecular complexity index is 905. The lowest BCUT2D eigenvalue weighted by atomic mass is 9.88. The molecule has 1 aromatic carbocycles. The molecule has 156 valence electrons. The molecule has 1 N–H and O–H groups in total. The third-order valence-corrected chi connectivity index (χ3v) is 5.95. The largest absolute Gasteiger partial charge is 0.493 e. The number of nitrogens with one attached hydrogen (secondary N) is 1. The average molecular weight is 399 g/mol. The van der Waals surface area contributed by atoms with Crippen LogP contribution in [0.1, 0.15) is 36.2 Å². The van der Waals surface area contributed by atoms with Crippen LogP contribution in [0, 0.1) is 5.41 Å². The van der Waals surface area contributed by atoms with Crippen LogP contribution in [0.5, 0.6) is 11.5 Å². The van der Waals surface area contributed by atoms with Crippen LogP contribution in [0.2, 0.25) is 0 Å². The van der Waals surface area contributed by atoms with Crippen LogP contribution < -0.4 is 9.47 Å². The van der Waals surface area contributed by atoms with E-state index in [1.165, 1.54) is 11.1 Å². The van der Waals surface area contributed by atoms with Crippen molar-refractivity contribution in [2.75, 3.05) is 33.9 Å². The molecule has 0 atom stereocenters. The third kappa shape index (κ3) is 4.10. The molecule has 0 saturated heterocycles. The van der Waals surface area contributed by atoms with Crippen LogP contribution in [0.3, 0.4) is 0 Å². The summed E-state index contributed by atoms with van der Waals surface area (Å²) < 4.78 is 10.9. The van der Waals surface area contributed by atoms with Gasteiger partial charge in [-0.3, -0.25) is 14.8 Å². The summed E-state index contributed by atoms with van der Waals surface area (Å²) in [4.78, 5) is 17.4. The van der Waals surface area contributed by atoms with Gasteiger partial charge < -0.3 is 14.4 Å². The fourth-order valence-corrected chi connectivity index (χ4v) is 4.48. The van der Waals surface area contributed by atoms with Gasteiger partial charge in [0.25, 0.3) is 0 Å². The second-order valence-corrected chi connectivity index (χ2v) is 8.90. The van der Waals surface area contributed by atoms with Crippen molar-refractivity contribution in [1.82, 2.24) is 20.0 Å². The van der Waals surface area contributed by atoms with E-state index in [9.17, 15) is 4.79 Å². The number of aromatic nitrogens is 2. The lowest BCUT2D eigenvalue weighted by Gasteiger charge is -2.33. The number of ether oxygens (including phenoxy) is 2. The molecule has 1 aromatic heterocycles. The fourth-order valence-electron chi connectivity index (χ4n) is 4.48. The maximum absolute atomic E-state index is 13.2. The Morgan fingerprint density at radius 2 is 1.86 bits per heavy atom. The van der Waals surface area contributed by atoms with Crippen molar-refractivity contribution in [1.29, 1.82) is 0 Å². The molecular weight excluding hydrogens is 368 g/mol. The molecule has 7 nitrogen and oxygen atoms in total. The summed E-state index contributed by atoms with van der Waals surface area (Å²) in [5, 5.41) is 7.29. The molecule has 0 saturated carbocycles. The number of rotatable bonds is 4. The molecular formula is C22H30N4O3. The van der Waals surface area contributed by atoms with Gasteiger partial charge in [-0.15, -0.1) is 0 Å². The van der Waals surface area contributed by atoms with Gasteiger partial charge in [0.1, 0.15) is 0 Å². The maximum atomic E-state index is 13.2. The number of methoxy groups -OCH3 is 2. The van der Waals surface area contributed by atoms with Crippen LogP contribution in [-0.4, -0.2) is 59.8 Å². The number of hydrogen-bond acceptors (Lipinski definition) is 5. The predicted molar refractivity (Wildman–Crippen MR) is 110 cm³/mol. The maximum Gasteiger partial charge on any atom is 0.237 e. The van der Waals surface area contributed by atoms with E-state index in [-0.39, 0.29) is 11.3 Å². The number of nitrogens with zero attached hydrogens (tertiary/aromatic N) is 3. The summed E-state index contributed by atoms with van der Waals surface area (Å²) >= 11 is 0. The van der Waals surface area contributed by atoms with E-state index in [0.717, 1.165) is 55.2 Å². The lowest BCUT2D eigenvalue weighted by Crippen LogP contribution is -2.44. The van der Waals surface area contributed by atoms with Crippen LogP contribution in [-0.2, 0) is 30.7 Å². The number of H-pyrrole nitrogens is 1. The molecule has 2 aliphatic heterocycles. The van der Waals surface area contributed by atoms with Gasteiger partial charge in [-0.2, -0.15) is 5.10 Å². The Hall–Kier alpha value is -2.54. The van der Waals surface area contributed by atoms with E-state index in [0.29, 0.717) is 13.1 Å². The molecule has 29 heavy (non-hydrogen) atoms. The van der Waals surface area contributed by atoms with Gasteiger partial charge in [-0.25, -0.2) is 0 Å². The van der Waals surface area contributed by atoms with Crippen LogP contribution in [0.25, 0.3) is 0 Å². The van der Waals surface area contributed by atoms with Crippen molar-refractivity contribution >= 4 is 5.91 Å². The first kappa shape index (κ1) is 19.8. The number of hydrogen-bond donors (Lipinski definition) is 1. The van der Waals surface area contributed by atoms with E-state index in [2.05, 4.69) is 35.0 Å². The van der Waals surface area contributed by atoms with E-state index in [1.807, 2.05) is 17.2 Å². The van der Waals surface area contributed by atoms with Gasteiger partial charge in [0.15, 0.2) is 11.5 Å². The summed E-state index contributed by atoms with van der Waals surface area (Å²) in [6, 6.07) is 4.10. The minimum atomic E-state index is 0.0197. The van der Waals surface area contributed by atoms with E-state index in [1.54, 1.807) is 14.2 Å². The number of carbonyl (C=O) groups excluding carboxylic acids is 1. The van der Waals surface area contributed by atoms with E-state index < -0.39 is 0 Å². The lowest BCUT2D eigenvalue weighted by molar-refractivity contribution is -0.134. The first-order valence-electron chi connectivity index (χ1n) is 10.1. The van der Waals surface area contributed by atoms with Gasteiger partial charge in [-0.1, -0.05) is 13.8 Å². The first-order valence-corrected chi connectivity index (χ1v) is 10.1. The highest BCUT2D eigenvalue weighted by Crippen LogP contribution is 2.33. The topological polar surface area (TPSA) is 70.7 Å². The van der Waals surface area contributed by atoms with Gasteiger partial charge in [0.2, 0.25) is 5.91 Å². The Balaban J connectivity index is 1.47. The molecule has 2 aliphatic rings. The highest BCUT2D eigenvalue weighted by molar-refractivity contribution is 5.78. The Labute approximate surface area is 172 Å². The molecule has 7 heteroatoms. The van der Waals surface area contributed by atoms with Crippen molar-refractivity contribution in [2.24, 2.45) is 5.41 Å². The zero-order valence-electron chi connectivity index (χ0n) is 17.7. The van der Waals surface area contributed by atoms with Crippen LogP contribution in [0.15, 0.2) is 18.3 Å². The molecule has 0 fully saturated rings. The number of amides is 1. The van der Waals surface area contributed by atoms with Crippen molar-refractivity contribution in [3.8, 4) is 11.5 Å². The summed E-state index contributed by atoms with van der Waals surface area (Å²) in [5.41, 5.74) is 4.77. The van der Waals surface area contributed by atoms with Crippen molar-refractivity contribution < 1.29 is 14.3 Å². The average Bonchev–Trinajstić information content (AvgIpc) is 3.06. The molecule has 3 heterocycles. The summed E-state index contributed by atoms with van der Waals surface area (Å²) in [6.07, 6.45) is 3.67. The van der Waals surface area contributed by atoms with Crippen molar-refractivity contribution in [2.45, 2.75) is 39.8 Å². The van der Waals surface area contributed by atoms with E-state index in [4.69, 9.17) is 9.47 Å². The summed E-state index contributed by atoms with van der Waals surface area (Å²) in [5.74, 6) is 1.68. The number of carbonyl (C=O) groups is 1.